The lowest BCUT2D eigenvalue weighted by Crippen LogP contribution is -2.42. The van der Waals surface area contributed by atoms with E-state index in [4.69, 9.17) is 18.0 Å². The van der Waals surface area contributed by atoms with Gasteiger partial charge in [0.2, 0.25) is 0 Å². The number of hydrogen-bond acceptors (Lipinski definition) is 4. The van der Waals surface area contributed by atoms with Crippen LogP contribution in [0.3, 0.4) is 0 Å². The predicted octanol–water partition coefficient (Wildman–Crippen LogP) is 2.63. The third-order valence-corrected chi connectivity index (χ3v) is 5.63. The average Bonchev–Trinajstić information content (AvgIpc) is 2.34. The van der Waals surface area contributed by atoms with E-state index in [0.717, 1.165) is 24.5 Å². The van der Waals surface area contributed by atoms with Crippen molar-refractivity contribution in [2.45, 2.75) is 38.8 Å². The van der Waals surface area contributed by atoms with Crippen molar-refractivity contribution in [2.75, 3.05) is 27.9 Å². The molecule has 0 aromatic heterocycles. The molecule has 0 amide bonds. The maximum atomic E-state index is 5.74. The maximum Gasteiger partial charge on any atom is 0.500 e. The molecule has 0 bridgehead atoms. The largest absolute Gasteiger partial charge is 0.500 e. The second kappa shape index (κ2) is 8.83. The van der Waals surface area contributed by atoms with Crippen molar-refractivity contribution in [1.29, 1.82) is 0 Å². The summed E-state index contributed by atoms with van der Waals surface area (Å²) in [7, 11) is 2.45. The number of rotatable bonds is 10. The van der Waals surface area contributed by atoms with E-state index in [1.165, 1.54) is 0 Å². The second-order valence-electron chi connectivity index (χ2n) is 4.01. The maximum absolute atomic E-state index is 5.74. The lowest BCUT2D eigenvalue weighted by Gasteiger charge is -2.24. The number of ether oxygens (including phenoxy) is 1. The fourth-order valence-corrected chi connectivity index (χ4v) is 3.37. The van der Waals surface area contributed by atoms with E-state index in [2.05, 4.69) is 13.5 Å². The fourth-order valence-electron chi connectivity index (χ4n) is 1.68. The molecule has 0 spiro atoms. The minimum Gasteiger partial charge on any atom is -0.377 e. The third kappa shape index (κ3) is 5.79. The predicted molar refractivity (Wildman–Crippen MR) is 71.1 cm³/mol. The Hall–Kier alpha value is -0.203. The van der Waals surface area contributed by atoms with Crippen molar-refractivity contribution in [3.63, 3.8) is 0 Å². The summed E-state index contributed by atoms with van der Waals surface area (Å²) in [4.78, 5) is 0. The first-order chi connectivity index (χ1) is 8.05. The van der Waals surface area contributed by atoms with Crippen LogP contribution in [0, 0.1) is 0 Å². The van der Waals surface area contributed by atoms with E-state index in [1.807, 2.05) is 6.92 Å². The van der Waals surface area contributed by atoms with Crippen LogP contribution in [0.4, 0.5) is 0 Å². The van der Waals surface area contributed by atoms with Gasteiger partial charge in [-0.1, -0.05) is 19.1 Å². The van der Waals surface area contributed by atoms with E-state index in [9.17, 15) is 0 Å². The Labute approximate surface area is 106 Å². The van der Waals surface area contributed by atoms with Crippen LogP contribution < -0.4 is 0 Å². The molecule has 5 heteroatoms. The van der Waals surface area contributed by atoms with Gasteiger partial charge in [0.15, 0.2) is 0 Å². The lowest BCUT2D eigenvalue weighted by molar-refractivity contribution is 0.0692. The molecule has 1 atom stereocenters. The minimum atomic E-state index is -2.43. The Morgan fingerprint density at radius 1 is 1.18 bits per heavy atom. The first-order valence-electron chi connectivity index (χ1n) is 5.97. The third-order valence-electron chi connectivity index (χ3n) is 2.80. The van der Waals surface area contributed by atoms with Crippen LogP contribution >= 0.6 is 0 Å². The second-order valence-corrected chi connectivity index (χ2v) is 7.10. The molecule has 0 saturated heterocycles. The van der Waals surface area contributed by atoms with Gasteiger partial charge < -0.3 is 18.0 Å². The Bertz CT molecular complexity index is 208. The molecule has 0 heterocycles. The zero-order valence-electron chi connectivity index (χ0n) is 11.7. The molecule has 0 N–H and O–H groups in total. The molecule has 0 fully saturated rings. The van der Waals surface area contributed by atoms with Crippen molar-refractivity contribution in [3.05, 3.63) is 12.2 Å². The van der Waals surface area contributed by atoms with Gasteiger partial charge >= 0.3 is 8.80 Å². The monoisotopic (exact) mass is 262 g/mol. The highest BCUT2D eigenvalue weighted by Gasteiger charge is 2.36. The molecule has 4 nitrogen and oxygen atoms in total. The Kier molecular flexibility index (Phi) is 8.72. The summed E-state index contributed by atoms with van der Waals surface area (Å²) in [6.45, 7) is 8.68. The summed E-state index contributed by atoms with van der Waals surface area (Å²) in [5.41, 5.74) is 1.07. The van der Waals surface area contributed by atoms with Crippen molar-refractivity contribution in [1.82, 2.24) is 0 Å². The zero-order valence-corrected chi connectivity index (χ0v) is 12.7. The Balaban J connectivity index is 3.93. The molecular formula is C12H26O4Si. The van der Waals surface area contributed by atoms with Crippen LogP contribution in [0.15, 0.2) is 12.2 Å². The highest BCUT2D eigenvalue weighted by Crippen LogP contribution is 2.16. The molecule has 102 valence electrons. The number of hydrogen-bond donors (Lipinski definition) is 0. The topological polar surface area (TPSA) is 36.9 Å². The Morgan fingerprint density at radius 3 is 2.06 bits per heavy atom. The summed E-state index contributed by atoms with van der Waals surface area (Å²) >= 11 is 0. The summed E-state index contributed by atoms with van der Waals surface area (Å²) in [5, 5.41) is 0. The summed E-state index contributed by atoms with van der Waals surface area (Å²) in [5.74, 6) is 0. The highest BCUT2D eigenvalue weighted by atomic mass is 28.4. The van der Waals surface area contributed by atoms with Crippen LogP contribution in [0.25, 0.3) is 0 Å². The van der Waals surface area contributed by atoms with Crippen LogP contribution in [-0.2, 0) is 18.0 Å². The lowest BCUT2D eigenvalue weighted by atomic mass is 10.1. The van der Waals surface area contributed by atoms with E-state index < -0.39 is 8.80 Å². The molecule has 0 aliphatic rings. The molecule has 17 heavy (non-hydrogen) atoms. The highest BCUT2D eigenvalue weighted by molar-refractivity contribution is 6.60. The molecule has 0 aliphatic heterocycles. The average molecular weight is 262 g/mol. The molecule has 0 radical (unpaired) electrons. The summed E-state index contributed by atoms with van der Waals surface area (Å²) < 4.78 is 21.8. The van der Waals surface area contributed by atoms with Gasteiger partial charge in [-0.25, -0.2) is 0 Å². The molecule has 0 aromatic carbocycles. The van der Waals surface area contributed by atoms with Gasteiger partial charge in [0.1, 0.15) is 0 Å². The standard InChI is InChI=1S/C12H26O4Si/c1-7-12(11(2)3)16-9-8-10-17(13-4,14-5)15-6/h12H,2,7-10H2,1,3-6H3. The zero-order chi connectivity index (χ0) is 13.3. The van der Waals surface area contributed by atoms with E-state index in [1.54, 1.807) is 21.3 Å². The van der Waals surface area contributed by atoms with Crippen molar-refractivity contribution >= 4 is 8.80 Å². The fraction of sp³-hybridized carbons (Fsp3) is 0.833. The molecule has 0 rings (SSSR count). The van der Waals surface area contributed by atoms with Crippen molar-refractivity contribution in [2.24, 2.45) is 0 Å². The van der Waals surface area contributed by atoms with Gasteiger partial charge in [-0.3, -0.25) is 0 Å². The minimum absolute atomic E-state index is 0.152. The van der Waals surface area contributed by atoms with Gasteiger partial charge in [-0.2, -0.15) is 0 Å². The van der Waals surface area contributed by atoms with Crippen molar-refractivity contribution in [3.8, 4) is 0 Å². The molecule has 1 unspecified atom stereocenters. The van der Waals surface area contributed by atoms with Gasteiger partial charge in [-0.05, 0) is 19.8 Å². The molecule has 0 saturated carbocycles. The van der Waals surface area contributed by atoms with Crippen molar-refractivity contribution < 1.29 is 18.0 Å². The molecular weight excluding hydrogens is 236 g/mol. The normalized spacial score (nSPS) is 13.7. The van der Waals surface area contributed by atoms with E-state index in [0.29, 0.717) is 6.61 Å². The smallest absolute Gasteiger partial charge is 0.377 e. The van der Waals surface area contributed by atoms with Gasteiger partial charge in [0, 0.05) is 34.0 Å². The van der Waals surface area contributed by atoms with Gasteiger partial charge in [0.25, 0.3) is 0 Å². The Morgan fingerprint density at radius 2 is 1.71 bits per heavy atom. The van der Waals surface area contributed by atoms with Crippen LogP contribution in [0.2, 0.25) is 6.04 Å². The first-order valence-corrected chi connectivity index (χ1v) is 7.90. The van der Waals surface area contributed by atoms with Gasteiger partial charge in [-0.15, -0.1) is 0 Å². The molecule has 0 aliphatic carbocycles. The van der Waals surface area contributed by atoms with Crippen LogP contribution in [-0.4, -0.2) is 42.8 Å². The molecule has 0 aromatic rings. The quantitative estimate of drug-likeness (QED) is 0.344. The van der Waals surface area contributed by atoms with Crippen LogP contribution in [0.5, 0.6) is 0 Å². The summed E-state index contributed by atoms with van der Waals surface area (Å²) in [6.07, 6.45) is 1.97. The van der Waals surface area contributed by atoms with Crippen LogP contribution in [0.1, 0.15) is 26.7 Å². The summed E-state index contributed by atoms with van der Waals surface area (Å²) in [6, 6.07) is 0.767. The van der Waals surface area contributed by atoms with Gasteiger partial charge in [0.05, 0.1) is 6.10 Å². The van der Waals surface area contributed by atoms with E-state index >= 15 is 0 Å². The SMILES string of the molecule is C=C(C)C(CC)OCCC[Si](OC)(OC)OC. The van der Waals surface area contributed by atoms with E-state index in [-0.39, 0.29) is 6.10 Å². The first kappa shape index (κ1) is 16.8.